The Labute approximate surface area is 231 Å². The van der Waals surface area contributed by atoms with E-state index in [0.29, 0.717) is 16.7 Å². The number of ether oxygens (including phenoxy) is 2. The van der Waals surface area contributed by atoms with Crippen LogP contribution in [0.25, 0.3) is 0 Å². The highest BCUT2D eigenvalue weighted by Gasteiger charge is 2.42. The number of carbonyl (C=O) groups is 2. The van der Waals surface area contributed by atoms with Gasteiger partial charge in [-0.1, -0.05) is 43.6 Å². The second kappa shape index (κ2) is 12.4. The van der Waals surface area contributed by atoms with Gasteiger partial charge in [-0.15, -0.1) is 0 Å². The summed E-state index contributed by atoms with van der Waals surface area (Å²) in [5.74, 6) is 1.34. The van der Waals surface area contributed by atoms with Crippen molar-refractivity contribution in [3.63, 3.8) is 0 Å². The number of carbonyl (C=O) groups excluding carboxylic acids is 2. The Balaban J connectivity index is 1.35. The van der Waals surface area contributed by atoms with Crippen LogP contribution in [0.1, 0.15) is 51.0 Å². The molecule has 2 aliphatic rings. The minimum Gasteiger partial charge on any atom is -0.497 e. The summed E-state index contributed by atoms with van der Waals surface area (Å²) in [7, 11) is 5.11. The van der Waals surface area contributed by atoms with Gasteiger partial charge in [0.25, 0.3) is 0 Å². The summed E-state index contributed by atoms with van der Waals surface area (Å²) in [6, 6.07) is 13.6. The molecule has 2 aromatic rings. The first-order valence-corrected chi connectivity index (χ1v) is 13.9. The first-order chi connectivity index (χ1) is 18.2. The van der Waals surface area contributed by atoms with Crippen LogP contribution in [0.5, 0.6) is 11.5 Å². The Morgan fingerprint density at radius 1 is 1.13 bits per heavy atom. The second-order valence-electron chi connectivity index (χ2n) is 10.9. The minimum atomic E-state index is -0.397. The fourth-order valence-electron chi connectivity index (χ4n) is 5.46. The molecular weight excluding hydrogens is 502 g/mol. The number of likely N-dealkylation sites (tertiary alicyclic amines) is 1. The van der Waals surface area contributed by atoms with Gasteiger partial charge in [-0.25, -0.2) is 0 Å². The lowest BCUT2D eigenvalue weighted by molar-refractivity contribution is -0.131. The standard InChI is InChI=1S/C30H40ClN3O4/c1-20(2)27(38-28-18-22(37-5)10-11-25(28)31)14-17-33-15-12-21(13-16-33)34-26-9-7-6-8-23(26)24(30(34)36)19-29(35)32(3)4/h6-11,18,20-21,24,27H,12-17,19H2,1-5H3. The van der Waals surface area contributed by atoms with Gasteiger partial charge in [0.15, 0.2) is 0 Å². The molecule has 0 spiro atoms. The van der Waals surface area contributed by atoms with Crippen molar-refractivity contribution in [3.05, 3.63) is 53.1 Å². The molecule has 0 saturated carbocycles. The van der Waals surface area contributed by atoms with E-state index in [9.17, 15) is 9.59 Å². The molecule has 0 aromatic heterocycles. The molecule has 2 unspecified atom stereocenters. The van der Waals surface area contributed by atoms with Gasteiger partial charge in [0.2, 0.25) is 11.8 Å². The van der Waals surface area contributed by atoms with Crippen molar-refractivity contribution in [2.75, 3.05) is 45.7 Å². The Hall–Kier alpha value is -2.77. The maximum Gasteiger partial charge on any atom is 0.235 e. The Kier molecular flexibility index (Phi) is 9.21. The summed E-state index contributed by atoms with van der Waals surface area (Å²) in [5, 5.41) is 0.582. The highest BCUT2D eigenvalue weighted by Crippen LogP contribution is 2.42. The quantitative estimate of drug-likeness (QED) is 0.413. The molecule has 2 aromatic carbocycles. The molecule has 7 nitrogen and oxygen atoms in total. The molecule has 206 valence electrons. The monoisotopic (exact) mass is 541 g/mol. The third kappa shape index (κ3) is 6.26. The van der Waals surface area contributed by atoms with Gasteiger partial charge in [0.1, 0.15) is 17.6 Å². The lowest BCUT2D eigenvalue weighted by Gasteiger charge is -2.38. The average Bonchev–Trinajstić information content (AvgIpc) is 3.18. The number of halogens is 1. The fraction of sp³-hybridized carbons (Fsp3) is 0.533. The first kappa shape index (κ1) is 28.2. The minimum absolute atomic E-state index is 0.0213. The molecular formula is C30H40ClN3O4. The van der Waals surface area contributed by atoms with Gasteiger partial charge in [-0.3, -0.25) is 9.59 Å². The number of para-hydroxylation sites is 1. The zero-order valence-electron chi connectivity index (χ0n) is 23.2. The van der Waals surface area contributed by atoms with Crippen molar-refractivity contribution in [2.45, 2.75) is 57.6 Å². The molecule has 2 aliphatic heterocycles. The molecule has 0 radical (unpaired) electrons. The fourth-order valence-corrected chi connectivity index (χ4v) is 5.62. The molecule has 2 atom stereocenters. The molecule has 2 amide bonds. The van der Waals surface area contributed by atoms with E-state index in [1.165, 1.54) is 0 Å². The van der Waals surface area contributed by atoms with Gasteiger partial charge in [-0.2, -0.15) is 0 Å². The number of hydrogen-bond donors (Lipinski definition) is 0. The Morgan fingerprint density at radius 3 is 2.50 bits per heavy atom. The van der Waals surface area contributed by atoms with E-state index in [-0.39, 0.29) is 30.4 Å². The summed E-state index contributed by atoms with van der Waals surface area (Å²) in [4.78, 5) is 32.0. The van der Waals surface area contributed by atoms with Gasteiger partial charge in [0, 0.05) is 57.9 Å². The van der Waals surface area contributed by atoms with E-state index in [1.54, 1.807) is 32.2 Å². The Bertz CT molecular complexity index is 1130. The smallest absolute Gasteiger partial charge is 0.235 e. The summed E-state index contributed by atoms with van der Waals surface area (Å²) in [6.07, 6.45) is 2.94. The molecule has 38 heavy (non-hydrogen) atoms. The molecule has 8 heteroatoms. The summed E-state index contributed by atoms with van der Waals surface area (Å²) in [5.41, 5.74) is 1.94. The highest BCUT2D eigenvalue weighted by molar-refractivity contribution is 6.32. The van der Waals surface area contributed by atoms with Crippen LogP contribution in [0.2, 0.25) is 5.02 Å². The van der Waals surface area contributed by atoms with Crippen LogP contribution in [0.4, 0.5) is 5.69 Å². The molecule has 0 N–H and O–H groups in total. The van der Waals surface area contributed by atoms with Crippen LogP contribution in [-0.4, -0.2) is 74.6 Å². The number of rotatable bonds is 10. The lowest BCUT2D eigenvalue weighted by atomic mass is 9.97. The number of methoxy groups -OCH3 is 1. The molecule has 1 fully saturated rings. The van der Waals surface area contributed by atoms with E-state index < -0.39 is 5.92 Å². The number of fused-ring (bicyclic) bond motifs is 1. The third-order valence-electron chi connectivity index (χ3n) is 7.80. The van der Waals surface area contributed by atoms with E-state index in [1.807, 2.05) is 41.3 Å². The number of benzene rings is 2. The van der Waals surface area contributed by atoms with E-state index in [0.717, 1.165) is 55.9 Å². The topological polar surface area (TPSA) is 62.3 Å². The molecule has 4 rings (SSSR count). The number of amides is 2. The molecule has 0 aliphatic carbocycles. The third-order valence-corrected chi connectivity index (χ3v) is 8.11. The van der Waals surface area contributed by atoms with Crippen LogP contribution in [0.3, 0.4) is 0 Å². The van der Waals surface area contributed by atoms with Crippen LogP contribution in [0.15, 0.2) is 42.5 Å². The summed E-state index contributed by atoms with van der Waals surface area (Å²) >= 11 is 6.39. The van der Waals surface area contributed by atoms with E-state index in [2.05, 4.69) is 18.7 Å². The van der Waals surface area contributed by atoms with Crippen molar-refractivity contribution in [1.29, 1.82) is 0 Å². The number of anilines is 1. The lowest BCUT2D eigenvalue weighted by Crippen LogP contribution is -2.47. The van der Waals surface area contributed by atoms with Gasteiger partial charge in [0.05, 0.1) is 18.1 Å². The zero-order valence-corrected chi connectivity index (χ0v) is 23.9. The Morgan fingerprint density at radius 2 is 1.84 bits per heavy atom. The van der Waals surface area contributed by atoms with Crippen molar-refractivity contribution in [3.8, 4) is 11.5 Å². The second-order valence-corrected chi connectivity index (χ2v) is 11.3. The average molecular weight is 542 g/mol. The van der Waals surface area contributed by atoms with Crippen molar-refractivity contribution < 1.29 is 19.1 Å². The van der Waals surface area contributed by atoms with Crippen molar-refractivity contribution in [1.82, 2.24) is 9.80 Å². The number of piperidine rings is 1. The number of nitrogens with zero attached hydrogens (tertiary/aromatic N) is 3. The van der Waals surface area contributed by atoms with E-state index in [4.69, 9.17) is 21.1 Å². The largest absolute Gasteiger partial charge is 0.497 e. The van der Waals surface area contributed by atoms with Gasteiger partial charge in [-0.05, 0) is 48.9 Å². The van der Waals surface area contributed by atoms with Crippen LogP contribution in [-0.2, 0) is 9.59 Å². The van der Waals surface area contributed by atoms with Gasteiger partial charge >= 0.3 is 0 Å². The van der Waals surface area contributed by atoms with Crippen molar-refractivity contribution in [2.24, 2.45) is 5.92 Å². The maximum absolute atomic E-state index is 13.5. The van der Waals surface area contributed by atoms with Crippen LogP contribution in [0, 0.1) is 5.92 Å². The highest BCUT2D eigenvalue weighted by atomic mass is 35.5. The molecule has 1 saturated heterocycles. The summed E-state index contributed by atoms with van der Waals surface area (Å²) in [6.45, 7) is 7.09. The molecule has 2 heterocycles. The first-order valence-electron chi connectivity index (χ1n) is 13.5. The molecule has 0 bridgehead atoms. The predicted octanol–water partition coefficient (Wildman–Crippen LogP) is 5.22. The van der Waals surface area contributed by atoms with Crippen LogP contribution >= 0.6 is 11.6 Å². The maximum atomic E-state index is 13.5. The normalized spacial score (nSPS) is 19.0. The predicted molar refractivity (Wildman–Crippen MR) is 151 cm³/mol. The van der Waals surface area contributed by atoms with E-state index >= 15 is 0 Å². The van der Waals surface area contributed by atoms with Crippen molar-refractivity contribution >= 4 is 29.1 Å². The SMILES string of the molecule is COc1ccc(Cl)c(OC(CCN2CCC(N3C(=O)C(CC(=O)N(C)C)c4ccccc43)CC2)C(C)C)c1. The zero-order chi connectivity index (χ0) is 27.4. The summed E-state index contributed by atoms with van der Waals surface area (Å²) < 4.78 is 11.7. The van der Waals surface area contributed by atoms with Gasteiger partial charge < -0.3 is 24.2 Å². The van der Waals surface area contributed by atoms with Crippen LogP contribution < -0.4 is 14.4 Å². The number of hydrogen-bond acceptors (Lipinski definition) is 5.